The van der Waals surface area contributed by atoms with Crippen molar-refractivity contribution in [1.82, 2.24) is 10.2 Å². The molecule has 110 valence electrons. The summed E-state index contributed by atoms with van der Waals surface area (Å²) in [7, 11) is 0. The van der Waals surface area contributed by atoms with E-state index in [1.165, 1.54) is 6.07 Å². The number of nitrogens with one attached hydrogen (secondary N) is 1. The molecule has 0 aliphatic carbocycles. The maximum absolute atomic E-state index is 13.6. The van der Waals surface area contributed by atoms with Crippen LogP contribution in [0, 0.1) is 5.82 Å². The lowest BCUT2D eigenvalue weighted by Crippen LogP contribution is -2.47. The van der Waals surface area contributed by atoms with Crippen molar-refractivity contribution in [2.75, 3.05) is 19.7 Å². The van der Waals surface area contributed by atoms with Crippen LogP contribution in [-0.4, -0.2) is 36.7 Å². The minimum Gasteiger partial charge on any atom is -0.450 e. The van der Waals surface area contributed by atoms with Gasteiger partial charge < -0.3 is 10.1 Å². The van der Waals surface area contributed by atoms with Crippen molar-refractivity contribution in [3.8, 4) is 0 Å². The molecule has 0 bridgehead atoms. The number of ether oxygens (including phenoxy) is 1. The van der Waals surface area contributed by atoms with Crippen molar-refractivity contribution in [2.24, 2.45) is 0 Å². The van der Waals surface area contributed by atoms with Crippen LogP contribution in [0.5, 0.6) is 0 Å². The number of carbonyl (C=O) groups excluding carboxylic acids is 1. The summed E-state index contributed by atoms with van der Waals surface area (Å²) in [5, 5.41) is 2.85. The highest BCUT2D eigenvalue weighted by atomic mass is 19.1. The fourth-order valence-electron chi connectivity index (χ4n) is 2.52. The number of alkyl carbamates (subject to hydrolysis) is 1. The second-order valence-electron chi connectivity index (χ2n) is 5.03. The number of piperidine rings is 1. The molecular weight excluding hydrogens is 259 g/mol. The lowest BCUT2D eigenvalue weighted by Gasteiger charge is -2.32. The lowest BCUT2D eigenvalue weighted by atomic mass is 10.0. The summed E-state index contributed by atoms with van der Waals surface area (Å²) in [5.74, 6) is -0.173. The third-order valence-electron chi connectivity index (χ3n) is 3.45. The highest BCUT2D eigenvalue weighted by Gasteiger charge is 2.22. The van der Waals surface area contributed by atoms with Gasteiger partial charge in [-0.25, -0.2) is 9.18 Å². The maximum Gasteiger partial charge on any atom is 0.407 e. The monoisotopic (exact) mass is 280 g/mol. The Morgan fingerprint density at radius 2 is 2.30 bits per heavy atom. The van der Waals surface area contributed by atoms with Crippen LogP contribution in [0.25, 0.3) is 0 Å². The predicted molar refractivity (Wildman–Crippen MR) is 74.9 cm³/mol. The smallest absolute Gasteiger partial charge is 0.407 e. The molecule has 0 spiro atoms. The van der Waals surface area contributed by atoms with Crippen LogP contribution in [0.2, 0.25) is 0 Å². The topological polar surface area (TPSA) is 41.6 Å². The van der Waals surface area contributed by atoms with Crippen LogP contribution in [0.1, 0.15) is 25.3 Å². The minimum atomic E-state index is -0.370. The van der Waals surface area contributed by atoms with E-state index in [2.05, 4.69) is 10.2 Å². The molecule has 1 aromatic carbocycles. The average Bonchev–Trinajstić information content (AvgIpc) is 2.42. The van der Waals surface area contributed by atoms with Gasteiger partial charge in [-0.05, 0) is 32.4 Å². The molecule has 1 heterocycles. The molecule has 1 aliphatic heterocycles. The number of rotatable bonds is 4. The highest BCUT2D eigenvalue weighted by Crippen LogP contribution is 2.15. The molecule has 1 aromatic rings. The molecule has 0 aromatic heterocycles. The van der Waals surface area contributed by atoms with Crippen LogP contribution >= 0.6 is 0 Å². The number of hydrogen-bond donors (Lipinski definition) is 1. The molecule has 20 heavy (non-hydrogen) atoms. The number of benzene rings is 1. The van der Waals surface area contributed by atoms with Crippen LogP contribution in [0.15, 0.2) is 24.3 Å². The van der Waals surface area contributed by atoms with Crippen molar-refractivity contribution in [1.29, 1.82) is 0 Å². The highest BCUT2D eigenvalue weighted by molar-refractivity contribution is 5.67. The van der Waals surface area contributed by atoms with Crippen molar-refractivity contribution in [2.45, 2.75) is 32.4 Å². The summed E-state index contributed by atoms with van der Waals surface area (Å²) in [5.41, 5.74) is 0.698. The van der Waals surface area contributed by atoms with Crippen molar-refractivity contribution < 1.29 is 13.9 Å². The van der Waals surface area contributed by atoms with Crippen LogP contribution in [0.4, 0.5) is 9.18 Å². The van der Waals surface area contributed by atoms with E-state index in [4.69, 9.17) is 4.74 Å². The Morgan fingerprint density at radius 1 is 1.50 bits per heavy atom. The largest absolute Gasteiger partial charge is 0.450 e. The first-order valence-electron chi connectivity index (χ1n) is 7.08. The summed E-state index contributed by atoms with van der Waals surface area (Å²) in [6, 6.07) is 6.90. The molecule has 1 amide bonds. The van der Waals surface area contributed by atoms with Gasteiger partial charge in [0.2, 0.25) is 0 Å². The zero-order valence-electron chi connectivity index (χ0n) is 11.8. The standard InChI is InChI=1S/C15H21FN2O2/c1-2-20-15(19)17-13-7-5-9-18(11-13)10-12-6-3-4-8-14(12)16/h3-4,6,8,13H,2,5,7,9-11H2,1H3,(H,17,19). The Kier molecular flexibility index (Phi) is 5.35. The van der Waals surface area contributed by atoms with E-state index in [-0.39, 0.29) is 18.0 Å². The van der Waals surface area contributed by atoms with Gasteiger partial charge in [0.05, 0.1) is 6.61 Å². The van der Waals surface area contributed by atoms with Gasteiger partial charge in [-0.3, -0.25) is 4.90 Å². The summed E-state index contributed by atoms with van der Waals surface area (Å²) in [6.07, 6.45) is 1.56. The second-order valence-corrected chi connectivity index (χ2v) is 5.03. The van der Waals surface area contributed by atoms with E-state index in [0.717, 1.165) is 25.9 Å². The Hall–Kier alpha value is -1.62. The Balaban J connectivity index is 1.87. The summed E-state index contributed by atoms with van der Waals surface area (Å²) in [4.78, 5) is 13.6. The van der Waals surface area contributed by atoms with Crippen LogP contribution in [-0.2, 0) is 11.3 Å². The van der Waals surface area contributed by atoms with E-state index in [0.29, 0.717) is 18.7 Å². The number of carbonyl (C=O) groups is 1. The average molecular weight is 280 g/mol. The number of amides is 1. The fourth-order valence-corrected chi connectivity index (χ4v) is 2.52. The first-order chi connectivity index (χ1) is 9.69. The van der Waals surface area contributed by atoms with E-state index in [9.17, 15) is 9.18 Å². The second kappa shape index (κ2) is 7.24. The molecule has 1 saturated heterocycles. The van der Waals surface area contributed by atoms with Gasteiger partial charge >= 0.3 is 6.09 Å². The van der Waals surface area contributed by atoms with E-state index < -0.39 is 0 Å². The zero-order valence-corrected chi connectivity index (χ0v) is 11.8. The van der Waals surface area contributed by atoms with Gasteiger partial charge in [0.15, 0.2) is 0 Å². The molecule has 4 nitrogen and oxygen atoms in total. The maximum atomic E-state index is 13.6. The van der Waals surface area contributed by atoms with Crippen LogP contribution in [0.3, 0.4) is 0 Å². The predicted octanol–water partition coefficient (Wildman–Crippen LogP) is 2.54. The molecule has 2 rings (SSSR count). The summed E-state index contributed by atoms with van der Waals surface area (Å²) < 4.78 is 18.5. The molecule has 0 radical (unpaired) electrons. The quantitative estimate of drug-likeness (QED) is 0.921. The van der Waals surface area contributed by atoms with Crippen molar-refractivity contribution in [3.05, 3.63) is 35.6 Å². The van der Waals surface area contributed by atoms with Crippen molar-refractivity contribution >= 4 is 6.09 Å². The van der Waals surface area contributed by atoms with Crippen LogP contribution < -0.4 is 5.32 Å². The number of hydrogen-bond acceptors (Lipinski definition) is 3. The summed E-state index contributed by atoms with van der Waals surface area (Å²) >= 11 is 0. The van der Waals surface area contributed by atoms with E-state index in [1.54, 1.807) is 19.1 Å². The molecule has 5 heteroatoms. The number of nitrogens with zero attached hydrogens (tertiary/aromatic N) is 1. The molecule has 1 N–H and O–H groups in total. The fraction of sp³-hybridized carbons (Fsp3) is 0.533. The first kappa shape index (κ1) is 14.8. The van der Waals surface area contributed by atoms with Crippen molar-refractivity contribution in [3.63, 3.8) is 0 Å². The SMILES string of the molecule is CCOC(=O)NC1CCCN(Cc2ccccc2F)C1. The Bertz CT molecular complexity index is 453. The van der Waals surface area contributed by atoms with Gasteiger partial charge in [-0.1, -0.05) is 18.2 Å². The minimum absolute atomic E-state index is 0.0783. The number of likely N-dealkylation sites (tertiary alicyclic amines) is 1. The van der Waals surface area contributed by atoms with Gasteiger partial charge in [0.1, 0.15) is 5.82 Å². The van der Waals surface area contributed by atoms with Gasteiger partial charge in [0.25, 0.3) is 0 Å². The Labute approximate surface area is 118 Å². The van der Waals surface area contributed by atoms with E-state index >= 15 is 0 Å². The summed E-state index contributed by atoms with van der Waals surface area (Å²) in [6.45, 7) is 4.39. The third-order valence-corrected chi connectivity index (χ3v) is 3.45. The van der Waals surface area contributed by atoms with Gasteiger partial charge in [0, 0.05) is 24.7 Å². The molecule has 1 atom stereocenters. The van der Waals surface area contributed by atoms with Gasteiger partial charge in [-0.2, -0.15) is 0 Å². The normalized spacial score (nSPS) is 19.6. The third kappa shape index (κ3) is 4.20. The van der Waals surface area contributed by atoms with Gasteiger partial charge in [-0.15, -0.1) is 0 Å². The molecular formula is C15H21FN2O2. The van der Waals surface area contributed by atoms with E-state index in [1.807, 2.05) is 6.07 Å². The molecule has 1 aliphatic rings. The first-order valence-corrected chi connectivity index (χ1v) is 7.08. The zero-order chi connectivity index (χ0) is 14.4. The molecule has 0 saturated carbocycles. The number of halogens is 1. The molecule has 1 fully saturated rings. The Morgan fingerprint density at radius 3 is 3.05 bits per heavy atom. The lowest BCUT2D eigenvalue weighted by molar-refractivity contribution is 0.132. The molecule has 1 unspecified atom stereocenters.